The van der Waals surface area contributed by atoms with E-state index in [0.717, 1.165) is 17.6 Å². The van der Waals surface area contributed by atoms with E-state index in [1.54, 1.807) is 0 Å². The molecule has 0 radical (unpaired) electrons. The number of para-hydroxylation sites is 2. The molecule has 1 heterocycles. The molecule has 1 aliphatic heterocycles. The highest BCUT2D eigenvalue weighted by molar-refractivity contribution is 9.10. The third-order valence-corrected chi connectivity index (χ3v) is 4.86. The van der Waals surface area contributed by atoms with Crippen molar-refractivity contribution in [1.29, 1.82) is 0 Å². The number of likely N-dealkylation sites (N-methyl/N-ethyl adjacent to an activating group) is 1. The van der Waals surface area contributed by atoms with Gasteiger partial charge in [0.15, 0.2) is 0 Å². The van der Waals surface area contributed by atoms with Gasteiger partial charge in [-0.25, -0.2) is 0 Å². The minimum absolute atomic E-state index is 0.190. The van der Waals surface area contributed by atoms with Crippen LogP contribution in [0.15, 0.2) is 53.0 Å². The summed E-state index contributed by atoms with van der Waals surface area (Å²) in [6.45, 7) is 2.59. The topological polar surface area (TPSA) is 32.5 Å². The first-order valence-corrected chi connectivity index (χ1v) is 8.03. The van der Waals surface area contributed by atoms with Crippen LogP contribution in [-0.2, 0) is 0 Å². The molecule has 21 heavy (non-hydrogen) atoms. The summed E-state index contributed by atoms with van der Waals surface area (Å²) >= 11 is 3.66. The van der Waals surface area contributed by atoms with Crippen molar-refractivity contribution in [2.24, 2.45) is 5.73 Å². The molecular weight excluding hydrogens is 326 g/mol. The van der Waals surface area contributed by atoms with E-state index in [1.165, 1.54) is 16.9 Å². The lowest BCUT2D eigenvalue weighted by molar-refractivity contribution is 0.609. The highest BCUT2D eigenvalue weighted by atomic mass is 79.9. The van der Waals surface area contributed by atoms with Gasteiger partial charge in [0.05, 0.1) is 17.4 Å². The summed E-state index contributed by atoms with van der Waals surface area (Å²) in [6, 6.07) is 17.1. The van der Waals surface area contributed by atoms with Crippen molar-refractivity contribution in [2.75, 3.05) is 36.5 Å². The Labute approximate surface area is 134 Å². The molecule has 0 fully saturated rings. The maximum atomic E-state index is 6.12. The number of anilines is 2. The molecule has 3 rings (SSSR count). The largest absolute Gasteiger partial charge is 0.371 e. The van der Waals surface area contributed by atoms with Crippen LogP contribution in [-0.4, -0.2) is 26.7 Å². The lowest BCUT2D eigenvalue weighted by atomic mass is 10.0. The van der Waals surface area contributed by atoms with E-state index in [0.29, 0.717) is 6.54 Å². The Bertz CT molecular complexity index is 629. The Morgan fingerprint density at radius 2 is 1.71 bits per heavy atom. The Balaban J connectivity index is 2.03. The molecule has 0 aliphatic carbocycles. The predicted molar refractivity (Wildman–Crippen MR) is 93.0 cm³/mol. The first kappa shape index (κ1) is 14.4. The molecule has 2 N–H and O–H groups in total. The number of hydrogen-bond donors (Lipinski definition) is 1. The second kappa shape index (κ2) is 6.08. The van der Waals surface area contributed by atoms with Crippen LogP contribution in [0, 0.1) is 0 Å². The number of rotatable bonds is 3. The molecule has 1 unspecified atom stereocenters. The van der Waals surface area contributed by atoms with Gasteiger partial charge in [0.25, 0.3) is 0 Å². The monoisotopic (exact) mass is 345 g/mol. The quantitative estimate of drug-likeness (QED) is 0.925. The van der Waals surface area contributed by atoms with Gasteiger partial charge >= 0.3 is 0 Å². The number of hydrogen-bond acceptors (Lipinski definition) is 3. The van der Waals surface area contributed by atoms with Crippen LogP contribution < -0.4 is 15.5 Å². The van der Waals surface area contributed by atoms with Crippen LogP contribution in [0.2, 0.25) is 0 Å². The van der Waals surface area contributed by atoms with Gasteiger partial charge in [-0.2, -0.15) is 0 Å². The van der Waals surface area contributed by atoms with Crippen molar-refractivity contribution in [3.05, 3.63) is 58.6 Å². The summed E-state index contributed by atoms with van der Waals surface area (Å²) < 4.78 is 1.12. The van der Waals surface area contributed by atoms with Crippen molar-refractivity contribution >= 4 is 27.3 Å². The SMILES string of the molecule is CN1CCN(C(CN)c2ccccc2Br)c2ccccc21. The van der Waals surface area contributed by atoms with Crippen molar-refractivity contribution in [3.8, 4) is 0 Å². The van der Waals surface area contributed by atoms with Crippen LogP contribution in [0.4, 0.5) is 11.4 Å². The normalized spacial score (nSPS) is 15.8. The third-order valence-electron chi connectivity index (χ3n) is 4.14. The number of benzene rings is 2. The van der Waals surface area contributed by atoms with E-state index in [2.05, 4.69) is 75.2 Å². The average Bonchev–Trinajstić information content (AvgIpc) is 2.52. The average molecular weight is 346 g/mol. The van der Waals surface area contributed by atoms with Crippen molar-refractivity contribution in [2.45, 2.75) is 6.04 Å². The van der Waals surface area contributed by atoms with Gasteiger partial charge in [-0.1, -0.05) is 46.3 Å². The summed E-state index contributed by atoms with van der Waals surface area (Å²) in [7, 11) is 2.14. The molecule has 0 bridgehead atoms. The maximum Gasteiger partial charge on any atom is 0.0677 e. The van der Waals surface area contributed by atoms with Gasteiger partial charge in [0.2, 0.25) is 0 Å². The summed E-state index contributed by atoms with van der Waals surface area (Å²) in [6.07, 6.45) is 0. The molecule has 4 heteroatoms. The molecule has 0 spiro atoms. The van der Waals surface area contributed by atoms with E-state index < -0.39 is 0 Å². The minimum Gasteiger partial charge on any atom is -0.371 e. The van der Waals surface area contributed by atoms with Gasteiger partial charge < -0.3 is 15.5 Å². The fourth-order valence-corrected chi connectivity index (χ4v) is 3.57. The van der Waals surface area contributed by atoms with Crippen LogP contribution >= 0.6 is 15.9 Å². The van der Waals surface area contributed by atoms with E-state index in [9.17, 15) is 0 Å². The second-order valence-electron chi connectivity index (χ2n) is 5.38. The van der Waals surface area contributed by atoms with Crippen molar-refractivity contribution < 1.29 is 0 Å². The molecule has 0 saturated carbocycles. The fraction of sp³-hybridized carbons (Fsp3) is 0.294. The molecular formula is C17H20BrN3. The third kappa shape index (κ3) is 2.65. The summed E-state index contributed by atoms with van der Waals surface area (Å²) in [5.41, 5.74) is 9.90. The van der Waals surface area contributed by atoms with E-state index in [-0.39, 0.29) is 6.04 Å². The zero-order valence-electron chi connectivity index (χ0n) is 12.2. The van der Waals surface area contributed by atoms with E-state index in [4.69, 9.17) is 5.73 Å². The highest BCUT2D eigenvalue weighted by Gasteiger charge is 2.27. The number of nitrogens with zero attached hydrogens (tertiary/aromatic N) is 2. The smallest absolute Gasteiger partial charge is 0.0677 e. The number of halogens is 1. The summed E-state index contributed by atoms with van der Waals surface area (Å²) in [4.78, 5) is 4.73. The molecule has 0 aromatic heterocycles. The standard InChI is InChI=1S/C17H20BrN3/c1-20-10-11-21(16-9-5-4-8-15(16)20)17(12-19)13-6-2-3-7-14(13)18/h2-9,17H,10-12,19H2,1H3. The molecule has 3 nitrogen and oxygen atoms in total. The van der Waals surface area contributed by atoms with Crippen LogP contribution in [0.5, 0.6) is 0 Å². The highest BCUT2D eigenvalue weighted by Crippen LogP contribution is 2.38. The summed E-state index contributed by atoms with van der Waals surface area (Å²) in [5.74, 6) is 0. The molecule has 110 valence electrons. The first-order chi connectivity index (χ1) is 10.2. The Hall–Kier alpha value is -1.52. The zero-order chi connectivity index (χ0) is 14.8. The second-order valence-corrected chi connectivity index (χ2v) is 6.23. The predicted octanol–water partition coefficient (Wildman–Crippen LogP) is 3.41. The van der Waals surface area contributed by atoms with Gasteiger partial charge in [-0.15, -0.1) is 0 Å². The van der Waals surface area contributed by atoms with E-state index in [1.807, 2.05) is 6.07 Å². The minimum atomic E-state index is 0.190. The number of nitrogens with two attached hydrogens (primary N) is 1. The van der Waals surface area contributed by atoms with Crippen molar-refractivity contribution in [3.63, 3.8) is 0 Å². The summed E-state index contributed by atoms with van der Waals surface area (Å²) in [5, 5.41) is 0. The lowest BCUT2D eigenvalue weighted by Crippen LogP contribution is -2.43. The maximum absolute atomic E-state index is 6.12. The molecule has 0 amide bonds. The Morgan fingerprint density at radius 3 is 2.43 bits per heavy atom. The lowest BCUT2D eigenvalue weighted by Gasteiger charge is -2.41. The zero-order valence-corrected chi connectivity index (χ0v) is 13.8. The van der Waals surface area contributed by atoms with Crippen LogP contribution in [0.25, 0.3) is 0 Å². The van der Waals surface area contributed by atoms with Crippen LogP contribution in [0.1, 0.15) is 11.6 Å². The van der Waals surface area contributed by atoms with Gasteiger partial charge in [-0.3, -0.25) is 0 Å². The van der Waals surface area contributed by atoms with Crippen molar-refractivity contribution in [1.82, 2.24) is 0 Å². The molecule has 2 aromatic carbocycles. The van der Waals surface area contributed by atoms with E-state index >= 15 is 0 Å². The molecule has 0 saturated heterocycles. The Morgan fingerprint density at radius 1 is 1.05 bits per heavy atom. The number of fused-ring (bicyclic) bond motifs is 1. The molecule has 2 aromatic rings. The molecule has 1 aliphatic rings. The Kier molecular flexibility index (Phi) is 4.17. The fourth-order valence-electron chi connectivity index (χ4n) is 3.02. The van der Waals surface area contributed by atoms with Crippen LogP contribution in [0.3, 0.4) is 0 Å². The van der Waals surface area contributed by atoms with Gasteiger partial charge in [0, 0.05) is 31.2 Å². The molecule has 1 atom stereocenters. The van der Waals surface area contributed by atoms with Gasteiger partial charge in [0.1, 0.15) is 0 Å². The van der Waals surface area contributed by atoms with Gasteiger partial charge in [-0.05, 0) is 23.8 Å². The first-order valence-electron chi connectivity index (χ1n) is 7.23.